The first-order valence-corrected chi connectivity index (χ1v) is 7.29. The molecule has 2 aliphatic rings. The first-order valence-electron chi connectivity index (χ1n) is 6.91. The average Bonchev–Trinajstić information content (AvgIpc) is 3.23. The summed E-state index contributed by atoms with van der Waals surface area (Å²) >= 11 is 5.92. The van der Waals surface area contributed by atoms with E-state index < -0.39 is 5.97 Å². The highest BCUT2D eigenvalue weighted by atomic mass is 35.5. The highest BCUT2D eigenvalue weighted by molar-refractivity contribution is 6.31. The third kappa shape index (κ3) is 3.21. The van der Waals surface area contributed by atoms with Crippen LogP contribution in [0.2, 0.25) is 5.02 Å². The van der Waals surface area contributed by atoms with Crippen molar-refractivity contribution in [1.82, 2.24) is 0 Å². The second kappa shape index (κ2) is 5.04. The molecule has 1 N–H and O–H groups in total. The van der Waals surface area contributed by atoms with Crippen LogP contribution in [-0.2, 0) is 0 Å². The summed E-state index contributed by atoms with van der Waals surface area (Å²) in [5, 5.41) is 9.84. The summed E-state index contributed by atoms with van der Waals surface area (Å²) < 4.78 is 0. The fourth-order valence-corrected chi connectivity index (χ4v) is 2.62. The summed E-state index contributed by atoms with van der Waals surface area (Å²) in [5.41, 5.74) is 1.16. The van der Waals surface area contributed by atoms with Crippen molar-refractivity contribution in [2.45, 2.75) is 25.7 Å². The second-order valence-electron chi connectivity index (χ2n) is 5.76. The smallest absolute Gasteiger partial charge is 0.337 e. The Morgan fingerprint density at radius 2 is 1.79 bits per heavy atom. The lowest BCUT2D eigenvalue weighted by Crippen LogP contribution is -2.29. The van der Waals surface area contributed by atoms with Gasteiger partial charge in [0.25, 0.3) is 0 Å². The van der Waals surface area contributed by atoms with Gasteiger partial charge in [-0.15, -0.1) is 0 Å². The number of halogens is 1. The predicted octanol–water partition coefficient (Wildman–Crippen LogP) is 3.66. The van der Waals surface area contributed by atoms with E-state index in [0.29, 0.717) is 10.6 Å². The van der Waals surface area contributed by atoms with E-state index in [9.17, 15) is 9.90 Å². The quantitative estimate of drug-likeness (QED) is 0.864. The molecule has 19 heavy (non-hydrogen) atoms. The molecule has 1 aromatic rings. The number of hydrogen-bond donors (Lipinski definition) is 1. The van der Waals surface area contributed by atoms with Gasteiger partial charge in [-0.25, -0.2) is 4.79 Å². The Labute approximate surface area is 118 Å². The molecule has 2 saturated carbocycles. The van der Waals surface area contributed by atoms with Gasteiger partial charge in [-0.05, 0) is 55.7 Å². The van der Waals surface area contributed by atoms with Crippen LogP contribution >= 0.6 is 11.6 Å². The first-order chi connectivity index (χ1) is 9.13. The molecule has 0 saturated heterocycles. The van der Waals surface area contributed by atoms with E-state index >= 15 is 0 Å². The van der Waals surface area contributed by atoms with Crippen molar-refractivity contribution < 1.29 is 9.90 Å². The molecule has 2 aliphatic carbocycles. The van der Waals surface area contributed by atoms with Crippen molar-refractivity contribution >= 4 is 23.3 Å². The lowest BCUT2D eigenvalue weighted by Gasteiger charge is -2.26. The molecule has 0 radical (unpaired) electrons. The third-order valence-corrected chi connectivity index (χ3v) is 4.12. The number of benzene rings is 1. The van der Waals surface area contributed by atoms with Gasteiger partial charge in [0, 0.05) is 18.1 Å². The highest BCUT2D eigenvalue weighted by Crippen LogP contribution is 2.37. The first kappa shape index (κ1) is 12.8. The zero-order valence-electron chi connectivity index (χ0n) is 10.8. The van der Waals surface area contributed by atoms with E-state index in [1.165, 1.54) is 25.7 Å². The number of carbonyl (C=O) groups is 1. The molecule has 1 aromatic carbocycles. The third-order valence-electron chi connectivity index (χ3n) is 3.88. The summed E-state index contributed by atoms with van der Waals surface area (Å²) in [6.07, 6.45) is 5.10. The number of rotatable bonds is 6. The van der Waals surface area contributed by atoms with E-state index in [1.807, 2.05) is 6.07 Å². The lowest BCUT2D eigenvalue weighted by atomic mass is 10.1. The topological polar surface area (TPSA) is 40.5 Å². The zero-order valence-corrected chi connectivity index (χ0v) is 11.6. The van der Waals surface area contributed by atoms with Gasteiger partial charge in [0.15, 0.2) is 0 Å². The van der Waals surface area contributed by atoms with Crippen LogP contribution in [0.5, 0.6) is 0 Å². The molecular weight excluding hydrogens is 262 g/mol. The fourth-order valence-electron chi connectivity index (χ4n) is 2.45. The number of nitrogens with zero attached hydrogens (tertiary/aromatic N) is 1. The molecule has 0 spiro atoms. The molecule has 3 rings (SSSR count). The largest absolute Gasteiger partial charge is 0.478 e. The van der Waals surface area contributed by atoms with Gasteiger partial charge in [-0.1, -0.05) is 11.6 Å². The minimum atomic E-state index is -0.894. The molecule has 4 heteroatoms. The normalized spacial score (nSPS) is 18.4. The minimum absolute atomic E-state index is 0.328. The van der Waals surface area contributed by atoms with Gasteiger partial charge in [0.05, 0.1) is 11.3 Å². The standard InChI is InChI=1S/C15H18ClNO2/c16-12-5-6-14(13(7-12)15(18)19)17(8-10-1-2-10)9-11-3-4-11/h5-7,10-11H,1-4,8-9H2,(H,18,19). The van der Waals surface area contributed by atoms with Crippen LogP contribution in [0.1, 0.15) is 36.0 Å². The molecular formula is C15H18ClNO2. The van der Waals surface area contributed by atoms with Crippen LogP contribution in [0.25, 0.3) is 0 Å². The minimum Gasteiger partial charge on any atom is -0.478 e. The van der Waals surface area contributed by atoms with E-state index in [2.05, 4.69) is 4.90 Å². The Morgan fingerprint density at radius 1 is 1.21 bits per heavy atom. The van der Waals surface area contributed by atoms with Gasteiger partial charge >= 0.3 is 5.97 Å². The Bertz CT molecular complexity index is 481. The van der Waals surface area contributed by atoms with Crippen LogP contribution in [0.4, 0.5) is 5.69 Å². The zero-order chi connectivity index (χ0) is 13.4. The molecule has 3 nitrogen and oxygen atoms in total. The van der Waals surface area contributed by atoms with Crippen LogP contribution in [0.15, 0.2) is 18.2 Å². The molecule has 0 aromatic heterocycles. The Hall–Kier alpha value is -1.22. The van der Waals surface area contributed by atoms with E-state index in [1.54, 1.807) is 12.1 Å². The summed E-state index contributed by atoms with van der Waals surface area (Å²) in [5.74, 6) is 0.598. The molecule has 0 aliphatic heterocycles. The van der Waals surface area contributed by atoms with Crippen molar-refractivity contribution in [2.75, 3.05) is 18.0 Å². The highest BCUT2D eigenvalue weighted by Gasteiger charge is 2.30. The second-order valence-corrected chi connectivity index (χ2v) is 6.19. The summed E-state index contributed by atoms with van der Waals surface area (Å²) in [6, 6.07) is 5.21. The maximum Gasteiger partial charge on any atom is 0.337 e. The Morgan fingerprint density at radius 3 is 2.26 bits per heavy atom. The molecule has 0 unspecified atom stereocenters. The summed E-state index contributed by atoms with van der Waals surface area (Å²) in [4.78, 5) is 13.7. The molecule has 0 amide bonds. The number of carboxylic acid groups (broad SMARTS) is 1. The van der Waals surface area contributed by atoms with Crippen molar-refractivity contribution in [2.24, 2.45) is 11.8 Å². The fraction of sp³-hybridized carbons (Fsp3) is 0.533. The van der Waals surface area contributed by atoms with Crippen molar-refractivity contribution in [3.63, 3.8) is 0 Å². The van der Waals surface area contributed by atoms with Crippen LogP contribution < -0.4 is 4.90 Å². The van der Waals surface area contributed by atoms with Crippen molar-refractivity contribution in [3.05, 3.63) is 28.8 Å². The number of aromatic carboxylic acids is 1. The average molecular weight is 280 g/mol. The van der Waals surface area contributed by atoms with Gasteiger partial charge in [0.2, 0.25) is 0 Å². The van der Waals surface area contributed by atoms with Crippen LogP contribution in [0, 0.1) is 11.8 Å². The lowest BCUT2D eigenvalue weighted by molar-refractivity contribution is 0.0697. The van der Waals surface area contributed by atoms with E-state index in [4.69, 9.17) is 11.6 Å². The van der Waals surface area contributed by atoms with Crippen molar-refractivity contribution in [1.29, 1.82) is 0 Å². The maximum absolute atomic E-state index is 11.4. The molecule has 0 bridgehead atoms. The van der Waals surface area contributed by atoms with Crippen LogP contribution in [0.3, 0.4) is 0 Å². The number of hydrogen-bond acceptors (Lipinski definition) is 2. The molecule has 2 fully saturated rings. The van der Waals surface area contributed by atoms with E-state index in [0.717, 1.165) is 30.6 Å². The van der Waals surface area contributed by atoms with Gasteiger partial charge < -0.3 is 10.0 Å². The number of anilines is 1. The summed E-state index contributed by atoms with van der Waals surface area (Å²) in [6.45, 7) is 1.97. The SMILES string of the molecule is O=C(O)c1cc(Cl)ccc1N(CC1CC1)CC1CC1. The van der Waals surface area contributed by atoms with Crippen LogP contribution in [-0.4, -0.2) is 24.2 Å². The van der Waals surface area contributed by atoms with Gasteiger partial charge in [0.1, 0.15) is 0 Å². The molecule has 0 heterocycles. The Balaban J connectivity index is 1.88. The molecule has 0 atom stereocenters. The monoisotopic (exact) mass is 279 g/mol. The number of carboxylic acids is 1. The summed E-state index contributed by atoms with van der Waals surface area (Å²) in [7, 11) is 0. The van der Waals surface area contributed by atoms with Gasteiger partial charge in [-0.2, -0.15) is 0 Å². The molecule has 102 valence electrons. The maximum atomic E-state index is 11.4. The van der Waals surface area contributed by atoms with Crippen molar-refractivity contribution in [3.8, 4) is 0 Å². The predicted molar refractivity (Wildman–Crippen MR) is 76.1 cm³/mol. The van der Waals surface area contributed by atoms with Gasteiger partial charge in [-0.3, -0.25) is 0 Å². The Kier molecular flexibility index (Phi) is 3.40. The van der Waals surface area contributed by atoms with E-state index in [-0.39, 0.29) is 0 Å².